The zero-order valence-corrected chi connectivity index (χ0v) is 12.9. The Hall–Kier alpha value is -1.27. The van der Waals surface area contributed by atoms with Gasteiger partial charge in [0.25, 0.3) is 0 Å². The third-order valence-electron chi connectivity index (χ3n) is 2.76. The SMILES string of the molecule is CN(CCNC(C)(C)C)Cc1ccc(OC(F)(F)F)cc1. The highest BCUT2D eigenvalue weighted by molar-refractivity contribution is 5.27. The van der Waals surface area contributed by atoms with Crippen molar-refractivity contribution in [3.63, 3.8) is 0 Å². The smallest absolute Gasteiger partial charge is 0.406 e. The summed E-state index contributed by atoms with van der Waals surface area (Å²) < 4.78 is 40.0. The van der Waals surface area contributed by atoms with Crippen LogP contribution in [0.5, 0.6) is 5.75 Å². The molecule has 0 unspecified atom stereocenters. The molecule has 0 fully saturated rings. The van der Waals surface area contributed by atoms with Gasteiger partial charge in [0.05, 0.1) is 0 Å². The van der Waals surface area contributed by atoms with Crippen molar-refractivity contribution < 1.29 is 17.9 Å². The lowest BCUT2D eigenvalue weighted by atomic mass is 10.1. The van der Waals surface area contributed by atoms with Crippen LogP contribution in [0.3, 0.4) is 0 Å². The second-order valence-corrected chi connectivity index (χ2v) is 6.11. The molecule has 6 heteroatoms. The first-order chi connectivity index (χ1) is 9.55. The molecule has 0 amide bonds. The van der Waals surface area contributed by atoms with Gasteiger partial charge < -0.3 is 15.0 Å². The van der Waals surface area contributed by atoms with E-state index in [9.17, 15) is 13.2 Å². The first kappa shape index (κ1) is 17.8. The first-order valence-electron chi connectivity index (χ1n) is 6.83. The van der Waals surface area contributed by atoms with Crippen LogP contribution in [0.25, 0.3) is 0 Å². The lowest BCUT2D eigenvalue weighted by molar-refractivity contribution is -0.274. The van der Waals surface area contributed by atoms with Crippen LogP contribution in [0.4, 0.5) is 13.2 Å². The Bertz CT molecular complexity index is 424. The summed E-state index contributed by atoms with van der Waals surface area (Å²) in [6.45, 7) is 8.70. The summed E-state index contributed by atoms with van der Waals surface area (Å²) in [4.78, 5) is 2.11. The fraction of sp³-hybridized carbons (Fsp3) is 0.600. The summed E-state index contributed by atoms with van der Waals surface area (Å²) in [6.07, 6.45) is -4.64. The van der Waals surface area contributed by atoms with Gasteiger partial charge >= 0.3 is 6.36 Å². The van der Waals surface area contributed by atoms with Gasteiger partial charge in [0.2, 0.25) is 0 Å². The maximum absolute atomic E-state index is 12.1. The van der Waals surface area contributed by atoms with E-state index in [1.54, 1.807) is 12.1 Å². The van der Waals surface area contributed by atoms with Crippen molar-refractivity contribution in [3.8, 4) is 5.75 Å². The molecule has 21 heavy (non-hydrogen) atoms. The molecule has 0 aliphatic carbocycles. The van der Waals surface area contributed by atoms with E-state index in [2.05, 4.69) is 35.7 Å². The summed E-state index contributed by atoms with van der Waals surface area (Å²) in [5, 5.41) is 3.39. The number of rotatable bonds is 6. The molecular weight excluding hydrogens is 281 g/mol. The van der Waals surface area contributed by atoms with Crippen molar-refractivity contribution >= 4 is 0 Å². The molecule has 0 aliphatic rings. The van der Waals surface area contributed by atoms with Gasteiger partial charge in [-0.3, -0.25) is 0 Å². The minimum Gasteiger partial charge on any atom is -0.406 e. The molecular formula is C15H23F3N2O. The lowest BCUT2D eigenvalue weighted by Crippen LogP contribution is -2.40. The van der Waals surface area contributed by atoms with Crippen LogP contribution in [-0.2, 0) is 6.54 Å². The van der Waals surface area contributed by atoms with Crippen molar-refractivity contribution in [1.82, 2.24) is 10.2 Å². The molecule has 0 saturated heterocycles. The molecule has 3 nitrogen and oxygen atoms in total. The Morgan fingerprint density at radius 3 is 2.14 bits per heavy atom. The number of ether oxygens (including phenoxy) is 1. The molecule has 0 spiro atoms. The minimum absolute atomic E-state index is 0.0808. The van der Waals surface area contributed by atoms with Crippen LogP contribution in [-0.4, -0.2) is 36.9 Å². The van der Waals surface area contributed by atoms with E-state index < -0.39 is 6.36 Å². The lowest BCUT2D eigenvalue weighted by Gasteiger charge is -2.23. The van der Waals surface area contributed by atoms with Crippen LogP contribution in [0, 0.1) is 0 Å². The number of hydrogen-bond acceptors (Lipinski definition) is 3. The number of nitrogens with zero attached hydrogens (tertiary/aromatic N) is 1. The Morgan fingerprint density at radius 2 is 1.67 bits per heavy atom. The maximum atomic E-state index is 12.1. The quantitative estimate of drug-likeness (QED) is 0.871. The molecule has 0 heterocycles. The van der Waals surface area contributed by atoms with Crippen molar-refractivity contribution in [1.29, 1.82) is 0 Å². The van der Waals surface area contributed by atoms with Gasteiger partial charge in [-0.15, -0.1) is 13.2 Å². The van der Waals surface area contributed by atoms with E-state index in [-0.39, 0.29) is 11.3 Å². The van der Waals surface area contributed by atoms with Crippen LogP contribution in [0.15, 0.2) is 24.3 Å². The molecule has 0 aromatic heterocycles. The molecule has 1 rings (SSSR count). The van der Waals surface area contributed by atoms with Crippen molar-refractivity contribution in [2.75, 3.05) is 20.1 Å². The second kappa shape index (κ2) is 7.13. The van der Waals surface area contributed by atoms with Gasteiger partial charge in [0.1, 0.15) is 5.75 Å². The number of nitrogens with one attached hydrogen (secondary N) is 1. The van der Waals surface area contributed by atoms with E-state index in [0.29, 0.717) is 6.54 Å². The van der Waals surface area contributed by atoms with Crippen LogP contribution in [0.2, 0.25) is 0 Å². The standard InChI is InChI=1S/C15H23F3N2O/c1-14(2,3)19-9-10-20(4)11-12-5-7-13(8-6-12)21-15(16,17)18/h5-8,19H,9-11H2,1-4H3. The van der Waals surface area contributed by atoms with Crippen LogP contribution >= 0.6 is 0 Å². The molecule has 0 aliphatic heterocycles. The van der Waals surface area contributed by atoms with Crippen LogP contribution in [0.1, 0.15) is 26.3 Å². The normalized spacial score (nSPS) is 12.8. The van der Waals surface area contributed by atoms with Gasteiger partial charge in [-0.05, 0) is 45.5 Å². The van der Waals surface area contributed by atoms with E-state index in [0.717, 1.165) is 18.7 Å². The summed E-state index contributed by atoms with van der Waals surface area (Å²) in [5.41, 5.74) is 1.03. The molecule has 1 aromatic rings. The van der Waals surface area contributed by atoms with Crippen molar-refractivity contribution in [3.05, 3.63) is 29.8 Å². The minimum atomic E-state index is -4.64. The monoisotopic (exact) mass is 304 g/mol. The highest BCUT2D eigenvalue weighted by Gasteiger charge is 2.30. The Balaban J connectivity index is 2.41. The Kier molecular flexibility index (Phi) is 6.04. The molecule has 0 bridgehead atoms. The summed E-state index contributed by atoms with van der Waals surface area (Å²) in [7, 11) is 1.98. The van der Waals surface area contributed by atoms with Gasteiger partial charge in [0.15, 0.2) is 0 Å². The first-order valence-corrected chi connectivity index (χ1v) is 6.83. The maximum Gasteiger partial charge on any atom is 0.573 e. The predicted octanol–water partition coefficient (Wildman–Crippen LogP) is 3.41. The third kappa shape index (κ3) is 8.57. The number of benzene rings is 1. The average molecular weight is 304 g/mol. The molecule has 1 N–H and O–H groups in total. The summed E-state index contributed by atoms with van der Waals surface area (Å²) in [6, 6.07) is 5.97. The average Bonchev–Trinajstić information content (AvgIpc) is 2.28. The molecule has 1 aromatic carbocycles. The number of hydrogen-bond donors (Lipinski definition) is 1. The van der Waals surface area contributed by atoms with Crippen molar-refractivity contribution in [2.45, 2.75) is 39.2 Å². The number of alkyl halides is 3. The molecule has 0 saturated carbocycles. The highest BCUT2D eigenvalue weighted by atomic mass is 19.4. The molecule has 0 radical (unpaired) electrons. The summed E-state index contributed by atoms with van der Waals surface area (Å²) >= 11 is 0. The van der Waals surface area contributed by atoms with Gasteiger partial charge in [0, 0.05) is 25.2 Å². The fourth-order valence-electron chi connectivity index (χ4n) is 1.81. The van der Waals surface area contributed by atoms with Gasteiger partial charge in [-0.25, -0.2) is 0 Å². The molecule has 0 atom stereocenters. The molecule has 120 valence electrons. The second-order valence-electron chi connectivity index (χ2n) is 6.11. The largest absolute Gasteiger partial charge is 0.573 e. The zero-order valence-electron chi connectivity index (χ0n) is 12.9. The fourth-order valence-corrected chi connectivity index (χ4v) is 1.81. The summed E-state index contributed by atoms with van der Waals surface area (Å²) in [5.74, 6) is -0.191. The van der Waals surface area contributed by atoms with Crippen LogP contribution < -0.4 is 10.1 Å². The van der Waals surface area contributed by atoms with Crippen molar-refractivity contribution in [2.24, 2.45) is 0 Å². The number of halogens is 3. The topological polar surface area (TPSA) is 24.5 Å². The van der Waals surface area contributed by atoms with E-state index in [4.69, 9.17) is 0 Å². The van der Waals surface area contributed by atoms with Gasteiger partial charge in [-0.1, -0.05) is 12.1 Å². The van der Waals surface area contributed by atoms with E-state index in [1.807, 2.05) is 7.05 Å². The highest BCUT2D eigenvalue weighted by Crippen LogP contribution is 2.22. The Morgan fingerprint density at radius 1 is 1.10 bits per heavy atom. The van der Waals surface area contributed by atoms with E-state index >= 15 is 0 Å². The predicted molar refractivity (Wildman–Crippen MR) is 77.2 cm³/mol. The Labute approximate surface area is 124 Å². The van der Waals surface area contributed by atoms with E-state index in [1.165, 1.54) is 12.1 Å². The third-order valence-corrected chi connectivity index (χ3v) is 2.76. The van der Waals surface area contributed by atoms with Gasteiger partial charge in [-0.2, -0.15) is 0 Å². The zero-order chi connectivity index (χ0) is 16.1. The number of likely N-dealkylation sites (N-methyl/N-ethyl adjacent to an activating group) is 1.